The van der Waals surface area contributed by atoms with Crippen molar-refractivity contribution in [1.82, 2.24) is 0 Å². The van der Waals surface area contributed by atoms with Crippen LogP contribution in [0.4, 0.5) is 0 Å². The molecule has 0 saturated heterocycles. The Balaban J connectivity index is 3.00. The quantitative estimate of drug-likeness (QED) is 0.539. The number of aryl methyl sites for hydroxylation is 1. The van der Waals surface area contributed by atoms with E-state index >= 15 is 0 Å². The van der Waals surface area contributed by atoms with Gasteiger partial charge < -0.3 is 0 Å². The van der Waals surface area contributed by atoms with Crippen LogP contribution in [0, 0.1) is 0 Å². The fourth-order valence-electron chi connectivity index (χ4n) is 1.20. The first-order chi connectivity index (χ1) is 6.27. The van der Waals surface area contributed by atoms with Crippen molar-refractivity contribution < 1.29 is 4.79 Å². The number of halogens is 1. The Labute approximate surface area is 82.3 Å². The summed E-state index contributed by atoms with van der Waals surface area (Å²) in [4.78, 5) is 13.5. The molecule has 0 amide bonds. The van der Waals surface area contributed by atoms with E-state index < -0.39 is 0 Å². The molecule has 1 rings (SSSR count). The van der Waals surface area contributed by atoms with Crippen molar-refractivity contribution in [3.63, 3.8) is 0 Å². The highest BCUT2D eigenvalue weighted by atomic mass is 35.5. The molecule has 13 heavy (non-hydrogen) atoms. The Hall–Kier alpha value is -1.11. The maximum atomic E-state index is 9.94. The molecule has 68 valence electrons. The van der Waals surface area contributed by atoms with Gasteiger partial charge in [0.1, 0.15) is 0 Å². The molecule has 0 aliphatic heterocycles. The molecule has 3 heteroatoms. The molecule has 2 nitrogen and oxygen atoms in total. The van der Waals surface area contributed by atoms with E-state index in [1.54, 1.807) is 0 Å². The van der Waals surface area contributed by atoms with Crippen LogP contribution in [0.3, 0.4) is 0 Å². The zero-order valence-corrected chi connectivity index (χ0v) is 8.14. The minimum Gasteiger partial charge on any atom is -0.211 e. The Kier molecular flexibility index (Phi) is 3.69. The van der Waals surface area contributed by atoms with Crippen LogP contribution in [-0.2, 0) is 17.8 Å². The number of carbonyl (C=O) groups excluding carboxylic acids is 1. The first kappa shape index (κ1) is 9.97. The summed E-state index contributed by atoms with van der Waals surface area (Å²) in [6.07, 6.45) is 2.44. The van der Waals surface area contributed by atoms with E-state index in [-0.39, 0.29) is 0 Å². The monoisotopic (exact) mass is 195 g/mol. The molecule has 0 radical (unpaired) electrons. The number of hydrogen-bond acceptors (Lipinski definition) is 2. The highest BCUT2D eigenvalue weighted by molar-refractivity contribution is 6.30. The summed E-state index contributed by atoms with van der Waals surface area (Å²) in [5.41, 5.74) is 2.17. The van der Waals surface area contributed by atoms with E-state index in [9.17, 15) is 4.79 Å². The number of hydrogen-bond donors (Lipinski definition) is 0. The third-order valence-electron chi connectivity index (χ3n) is 1.86. The van der Waals surface area contributed by atoms with Gasteiger partial charge in [-0.05, 0) is 29.7 Å². The molecule has 0 atom stereocenters. The van der Waals surface area contributed by atoms with E-state index in [4.69, 9.17) is 11.6 Å². The molecule has 0 N–H and O–H groups in total. The molecular formula is C10H10ClNO. The van der Waals surface area contributed by atoms with Gasteiger partial charge in [-0.15, -0.1) is 0 Å². The lowest BCUT2D eigenvalue weighted by Crippen LogP contribution is -1.90. The van der Waals surface area contributed by atoms with Gasteiger partial charge in [0.05, 0.1) is 6.54 Å². The fraction of sp³-hybridized carbons (Fsp3) is 0.300. The van der Waals surface area contributed by atoms with Crippen molar-refractivity contribution >= 4 is 17.7 Å². The molecule has 0 aromatic heterocycles. The summed E-state index contributed by atoms with van der Waals surface area (Å²) in [6, 6.07) is 5.63. The summed E-state index contributed by atoms with van der Waals surface area (Å²) in [5.74, 6) is 0. The SMILES string of the molecule is CCc1ccc(Cl)cc1CN=C=O. The highest BCUT2D eigenvalue weighted by Gasteiger charge is 2.00. The van der Waals surface area contributed by atoms with Crippen molar-refractivity contribution in [2.75, 3.05) is 0 Å². The topological polar surface area (TPSA) is 29.4 Å². The van der Waals surface area contributed by atoms with Crippen LogP contribution in [0.25, 0.3) is 0 Å². The second kappa shape index (κ2) is 4.80. The Morgan fingerprint density at radius 1 is 1.46 bits per heavy atom. The Morgan fingerprint density at radius 3 is 2.85 bits per heavy atom. The average Bonchev–Trinajstić information content (AvgIpc) is 2.15. The van der Waals surface area contributed by atoms with Crippen LogP contribution in [-0.4, -0.2) is 6.08 Å². The van der Waals surface area contributed by atoms with Gasteiger partial charge in [-0.1, -0.05) is 24.6 Å². The molecule has 0 unspecified atom stereocenters. The molecule has 0 saturated carbocycles. The molecular weight excluding hydrogens is 186 g/mol. The second-order valence-corrected chi connectivity index (χ2v) is 3.11. The highest BCUT2D eigenvalue weighted by Crippen LogP contribution is 2.17. The van der Waals surface area contributed by atoms with Crippen LogP contribution < -0.4 is 0 Å². The fourth-order valence-corrected chi connectivity index (χ4v) is 1.40. The number of aliphatic imine (C=N–C) groups is 1. The largest absolute Gasteiger partial charge is 0.235 e. The Morgan fingerprint density at radius 2 is 2.23 bits per heavy atom. The number of isocyanates is 1. The van der Waals surface area contributed by atoms with E-state index in [1.807, 2.05) is 18.2 Å². The van der Waals surface area contributed by atoms with Gasteiger partial charge >= 0.3 is 0 Å². The van der Waals surface area contributed by atoms with Crippen LogP contribution in [0.5, 0.6) is 0 Å². The van der Waals surface area contributed by atoms with E-state index in [0.717, 1.165) is 12.0 Å². The summed E-state index contributed by atoms with van der Waals surface area (Å²) in [5, 5.41) is 0.674. The lowest BCUT2D eigenvalue weighted by atomic mass is 10.1. The van der Waals surface area contributed by atoms with Gasteiger partial charge in [-0.2, -0.15) is 0 Å². The Bertz CT molecular complexity index is 343. The van der Waals surface area contributed by atoms with Gasteiger partial charge in [0, 0.05) is 5.02 Å². The van der Waals surface area contributed by atoms with Gasteiger partial charge in [0.15, 0.2) is 0 Å². The van der Waals surface area contributed by atoms with Crippen LogP contribution in [0.15, 0.2) is 23.2 Å². The van der Waals surface area contributed by atoms with Gasteiger partial charge in [0.25, 0.3) is 0 Å². The molecule has 0 fully saturated rings. The first-order valence-corrected chi connectivity index (χ1v) is 4.46. The average molecular weight is 196 g/mol. The third-order valence-corrected chi connectivity index (χ3v) is 2.10. The standard InChI is InChI=1S/C10H10ClNO/c1-2-8-3-4-10(11)5-9(8)6-12-7-13/h3-5H,2,6H2,1H3. The maximum Gasteiger partial charge on any atom is 0.235 e. The van der Waals surface area contributed by atoms with E-state index in [1.165, 1.54) is 11.6 Å². The van der Waals surface area contributed by atoms with Crippen molar-refractivity contribution in [2.24, 2.45) is 4.99 Å². The lowest BCUT2D eigenvalue weighted by Gasteiger charge is -2.04. The molecule has 0 spiro atoms. The normalized spacial score (nSPS) is 9.38. The molecule has 0 heterocycles. The predicted molar refractivity (Wildman–Crippen MR) is 52.7 cm³/mol. The van der Waals surface area contributed by atoms with E-state index in [0.29, 0.717) is 11.6 Å². The van der Waals surface area contributed by atoms with Gasteiger partial charge in [-0.25, -0.2) is 9.79 Å². The summed E-state index contributed by atoms with van der Waals surface area (Å²) >= 11 is 5.81. The van der Waals surface area contributed by atoms with E-state index in [2.05, 4.69) is 11.9 Å². The molecule has 1 aromatic rings. The maximum absolute atomic E-state index is 9.94. The predicted octanol–water partition coefficient (Wildman–Crippen LogP) is 2.74. The number of nitrogens with zero attached hydrogens (tertiary/aromatic N) is 1. The van der Waals surface area contributed by atoms with Crippen molar-refractivity contribution in [2.45, 2.75) is 19.9 Å². The van der Waals surface area contributed by atoms with Crippen molar-refractivity contribution in [3.05, 3.63) is 34.3 Å². The summed E-state index contributed by atoms with van der Waals surface area (Å²) in [7, 11) is 0. The minimum atomic E-state index is 0.368. The second-order valence-electron chi connectivity index (χ2n) is 2.67. The van der Waals surface area contributed by atoms with Gasteiger partial charge in [-0.3, -0.25) is 0 Å². The molecule has 0 bridgehead atoms. The zero-order valence-electron chi connectivity index (χ0n) is 7.38. The molecule has 0 aliphatic carbocycles. The van der Waals surface area contributed by atoms with Crippen LogP contribution in [0.2, 0.25) is 5.02 Å². The first-order valence-electron chi connectivity index (χ1n) is 4.09. The zero-order chi connectivity index (χ0) is 9.68. The molecule has 0 aliphatic rings. The third kappa shape index (κ3) is 2.69. The van der Waals surface area contributed by atoms with Crippen molar-refractivity contribution in [1.29, 1.82) is 0 Å². The summed E-state index contributed by atoms with van der Waals surface area (Å²) in [6.45, 7) is 2.42. The lowest BCUT2D eigenvalue weighted by molar-refractivity contribution is 0.562. The van der Waals surface area contributed by atoms with Gasteiger partial charge in [0.2, 0.25) is 6.08 Å². The number of benzene rings is 1. The van der Waals surface area contributed by atoms with Crippen LogP contribution in [0.1, 0.15) is 18.1 Å². The smallest absolute Gasteiger partial charge is 0.211 e. The molecule has 1 aromatic carbocycles. The number of rotatable bonds is 3. The summed E-state index contributed by atoms with van der Waals surface area (Å²) < 4.78 is 0. The minimum absolute atomic E-state index is 0.368. The van der Waals surface area contributed by atoms with Crippen LogP contribution >= 0.6 is 11.6 Å². The van der Waals surface area contributed by atoms with Crippen molar-refractivity contribution in [3.8, 4) is 0 Å².